The second-order valence-corrected chi connectivity index (χ2v) is 7.19. The molecule has 0 aliphatic rings. The van der Waals surface area contributed by atoms with E-state index in [-0.39, 0.29) is 24.4 Å². The second-order valence-electron chi connectivity index (χ2n) is 6.07. The quantitative estimate of drug-likeness (QED) is 0.528. The van der Waals surface area contributed by atoms with E-state index < -0.39 is 0 Å². The van der Waals surface area contributed by atoms with Crippen LogP contribution in [0.3, 0.4) is 0 Å². The van der Waals surface area contributed by atoms with Gasteiger partial charge in [-0.1, -0.05) is 72.3 Å². The summed E-state index contributed by atoms with van der Waals surface area (Å²) in [6.07, 6.45) is 0. The Balaban J connectivity index is 0.00000225. The molecule has 0 bridgehead atoms. The third kappa shape index (κ3) is 4.50. The van der Waals surface area contributed by atoms with Crippen LogP contribution in [-0.4, -0.2) is 5.52 Å². The predicted molar refractivity (Wildman–Crippen MR) is 103 cm³/mol. The van der Waals surface area contributed by atoms with E-state index in [9.17, 15) is 4.79 Å². The molecule has 0 spiro atoms. The van der Waals surface area contributed by atoms with Crippen LogP contribution < -0.4 is 24.2 Å². The van der Waals surface area contributed by atoms with Crippen molar-refractivity contribution >= 4 is 19.4 Å². The number of hydrogen-bond acceptors (Lipinski definition) is 1. The summed E-state index contributed by atoms with van der Waals surface area (Å²) in [4.78, 5) is 12.9. The molecule has 0 saturated heterocycles. The maximum absolute atomic E-state index is 12.9. The van der Waals surface area contributed by atoms with Crippen molar-refractivity contribution in [3.63, 3.8) is 0 Å². The summed E-state index contributed by atoms with van der Waals surface area (Å²) >= 11 is 0. The van der Waals surface area contributed by atoms with Crippen LogP contribution in [0.15, 0.2) is 66.7 Å². The van der Waals surface area contributed by atoms with Crippen LogP contribution in [-0.2, 0) is 0 Å². The molecule has 3 rings (SSSR count). The van der Waals surface area contributed by atoms with Gasteiger partial charge < -0.3 is 13.4 Å². The molecule has 3 aromatic carbocycles. The van der Waals surface area contributed by atoms with Crippen molar-refractivity contribution < 1.29 is 23.7 Å². The first-order valence-electron chi connectivity index (χ1n) is 8.04. The molecule has 25 heavy (non-hydrogen) atoms. The van der Waals surface area contributed by atoms with Gasteiger partial charge in [0.2, 0.25) is 0 Å². The van der Waals surface area contributed by atoms with Gasteiger partial charge in [-0.3, -0.25) is 0 Å². The van der Waals surface area contributed by atoms with E-state index in [1.807, 2.05) is 50.2 Å². The summed E-state index contributed by atoms with van der Waals surface area (Å²) in [7, 11) is 0.722. The zero-order chi connectivity index (χ0) is 17.1. The normalized spacial score (nSPS) is 10.7. The van der Waals surface area contributed by atoms with Gasteiger partial charge in [0, 0.05) is 5.52 Å². The Kier molecular flexibility index (Phi) is 6.80. The molecule has 0 amide bonds. The van der Waals surface area contributed by atoms with E-state index in [1.165, 1.54) is 5.56 Å². The predicted octanol–water partition coefficient (Wildman–Crippen LogP) is 2.69. The van der Waals surface area contributed by atoms with Crippen molar-refractivity contribution in [1.29, 1.82) is 0 Å². The molecule has 0 unspecified atom stereocenters. The minimum absolute atomic E-state index is 0. The van der Waals surface area contributed by atoms with Crippen LogP contribution in [0.5, 0.6) is 0 Å². The summed E-state index contributed by atoms with van der Waals surface area (Å²) < 4.78 is 0. The van der Waals surface area contributed by atoms with E-state index in [1.54, 1.807) is 0 Å². The van der Waals surface area contributed by atoms with Crippen molar-refractivity contribution in [2.24, 2.45) is 0 Å². The van der Waals surface area contributed by atoms with Gasteiger partial charge in [-0.2, -0.15) is 5.30 Å². The van der Waals surface area contributed by atoms with Gasteiger partial charge >= 0.3 is 18.9 Å². The Morgan fingerprint density at radius 3 is 2.00 bits per heavy atom. The Labute approximate surface area is 163 Å². The average molecular weight is 338 g/mol. The zero-order valence-electron chi connectivity index (χ0n) is 15.2. The van der Waals surface area contributed by atoms with Gasteiger partial charge in [0.25, 0.3) is 0 Å². The van der Waals surface area contributed by atoms with Crippen molar-refractivity contribution in [2.75, 3.05) is 0 Å². The van der Waals surface area contributed by atoms with Gasteiger partial charge in [-0.25, -0.2) is 0 Å². The number of carbonyl (C=O) groups excluding carboxylic acids is 1. The fourth-order valence-corrected chi connectivity index (χ4v) is 4.28. The van der Waals surface area contributed by atoms with Crippen LogP contribution in [0.1, 0.15) is 27.0 Å². The van der Waals surface area contributed by atoms with Crippen molar-refractivity contribution in [2.45, 2.75) is 20.8 Å². The first-order valence-corrected chi connectivity index (χ1v) is 8.94. The van der Waals surface area contributed by atoms with Crippen molar-refractivity contribution in [1.82, 2.24) is 0 Å². The molecule has 0 fully saturated rings. The molecule has 0 atom stereocenters. The molecule has 0 saturated carbocycles. The smallest absolute Gasteiger partial charge is 0.425 e. The Morgan fingerprint density at radius 2 is 1.36 bits per heavy atom. The second kappa shape index (κ2) is 8.64. The van der Waals surface area contributed by atoms with E-state index in [0.717, 1.165) is 41.7 Å². The molecule has 0 aliphatic carbocycles. The maximum Gasteiger partial charge on any atom is 1.00 e. The molecular weight excluding hydrogens is 318 g/mol. The molecule has 3 heteroatoms. The first kappa shape index (κ1) is 19.7. The third-order valence-corrected chi connectivity index (χ3v) is 5.16. The van der Waals surface area contributed by atoms with Gasteiger partial charge in [-0.15, -0.1) is 0 Å². The van der Waals surface area contributed by atoms with Crippen LogP contribution in [0.2, 0.25) is 0 Å². The number of benzene rings is 3. The monoisotopic (exact) mass is 338 g/mol. The topological polar surface area (TPSA) is 17.1 Å². The Morgan fingerprint density at radius 1 is 0.800 bits per heavy atom. The molecule has 1 nitrogen and oxygen atoms in total. The van der Waals surface area contributed by atoms with Crippen LogP contribution in [0.25, 0.3) is 11.1 Å². The Bertz CT molecular complexity index is 865. The van der Waals surface area contributed by atoms with E-state index >= 15 is 0 Å². The summed E-state index contributed by atoms with van der Waals surface area (Å²) in [6.45, 7) is 6.11. The molecule has 0 radical (unpaired) electrons. The van der Waals surface area contributed by atoms with Crippen molar-refractivity contribution in [3.05, 3.63) is 89.0 Å². The maximum atomic E-state index is 12.9. The fourth-order valence-electron chi connectivity index (χ4n) is 3.12. The van der Waals surface area contributed by atoms with E-state index in [4.69, 9.17) is 0 Å². The molecule has 0 aliphatic heterocycles. The van der Waals surface area contributed by atoms with Gasteiger partial charge in [-0.05, 0) is 48.6 Å². The summed E-state index contributed by atoms with van der Waals surface area (Å²) in [5.74, 6) is 0. The number of rotatable bonds is 4. The zero-order valence-corrected chi connectivity index (χ0v) is 16.1. The SMILES string of the molecule is Cc1cc(C)c(C(=O)[P-]c2ccccc2-c2ccccc2)c(C)c1.[Li+]. The van der Waals surface area contributed by atoms with Crippen molar-refractivity contribution in [3.8, 4) is 11.1 Å². The van der Waals surface area contributed by atoms with Gasteiger partial charge in [0.05, 0.1) is 0 Å². The molecule has 0 aromatic heterocycles. The summed E-state index contributed by atoms with van der Waals surface area (Å²) in [5.41, 5.74) is 6.59. The molecular formula is C22H20LiOP. The molecule has 0 heterocycles. The molecule has 3 aromatic rings. The van der Waals surface area contributed by atoms with E-state index in [2.05, 4.69) is 37.3 Å². The van der Waals surface area contributed by atoms with E-state index in [0.29, 0.717) is 0 Å². The van der Waals surface area contributed by atoms with Crippen LogP contribution in [0.4, 0.5) is 0 Å². The first-order chi connectivity index (χ1) is 11.6. The number of hydrogen-bond donors (Lipinski definition) is 0. The van der Waals surface area contributed by atoms with Crippen LogP contribution in [0, 0.1) is 20.8 Å². The van der Waals surface area contributed by atoms with Gasteiger partial charge in [0.15, 0.2) is 0 Å². The summed E-state index contributed by atoms with van der Waals surface area (Å²) in [5, 5.41) is 1.05. The Hall–Kier alpha value is -1.64. The minimum Gasteiger partial charge on any atom is -0.425 e. The summed E-state index contributed by atoms with van der Waals surface area (Å²) in [6, 6.07) is 22.5. The minimum atomic E-state index is 0. The number of aryl methyl sites for hydroxylation is 3. The molecule has 0 N–H and O–H groups in total. The number of carbonyl (C=O) groups is 1. The van der Waals surface area contributed by atoms with Gasteiger partial charge in [0.1, 0.15) is 0 Å². The average Bonchev–Trinajstić information content (AvgIpc) is 2.55. The van der Waals surface area contributed by atoms with Crippen LogP contribution >= 0.6 is 8.58 Å². The largest absolute Gasteiger partial charge is 1.00 e. The third-order valence-electron chi connectivity index (χ3n) is 4.10. The standard InChI is InChI=1S/C22H20OP.Li/c1-15-13-16(2)21(17(3)14-15)22(23)24-20-12-8-7-11-19(20)18-9-5-4-6-10-18;/h4-14H,1-3H3;/q-1;+1. The fraction of sp³-hybridized carbons (Fsp3) is 0.136. The molecule has 120 valence electrons.